The third-order valence-corrected chi connectivity index (χ3v) is 7.17. The van der Waals surface area contributed by atoms with Crippen molar-refractivity contribution in [3.8, 4) is 0 Å². The van der Waals surface area contributed by atoms with Gasteiger partial charge in [-0.25, -0.2) is 4.39 Å². The van der Waals surface area contributed by atoms with E-state index in [0.29, 0.717) is 25.2 Å². The van der Waals surface area contributed by atoms with Gasteiger partial charge >= 0.3 is 0 Å². The van der Waals surface area contributed by atoms with Crippen LogP contribution in [-0.2, 0) is 0 Å². The highest BCUT2D eigenvalue weighted by Gasteiger charge is 2.61. The molecule has 3 nitrogen and oxygen atoms in total. The molecule has 4 rings (SSSR count). The molecular formula is C19H27FO3. The van der Waals surface area contributed by atoms with Gasteiger partial charge in [0.2, 0.25) is 0 Å². The van der Waals surface area contributed by atoms with Crippen LogP contribution in [0.5, 0.6) is 0 Å². The van der Waals surface area contributed by atoms with Crippen LogP contribution in [0.4, 0.5) is 4.39 Å². The van der Waals surface area contributed by atoms with Crippen LogP contribution in [0.3, 0.4) is 0 Å². The van der Waals surface area contributed by atoms with Gasteiger partial charge in [0.05, 0.1) is 17.8 Å². The highest BCUT2D eigenvalue weighted by molar-refractivity contribution is 5.40. The Kier molecular flexibility index (Phi) is 3.53. The average Bonchev–Trinajstić information content (AvgIpc) is 2.67. The Labute approximate surface area is 136 Å². The van der Waals surface area contributed by atoms with E-state index in [1.165, 1.54) is 5.57 Å². The van der Waals surface area contributed by atoms with Gasteiger partial charge in [-0.3, -0.25) is 0 Å². The van der Waals surface area contributed by atoms with Crippen molar-refractivity contribution in [3.05, 3.63) is 23.3 Å². The Bertz CT molecular complexity index is 571. The van der Waals surface area contributed by atoms with Crippen molar-refractivity contribution in [2.24, 2.45) is 17.3 Å². The Hall–Kier alpha value is -0.710. The molecule has 7 atom stereocenters. The van der Waals surface area contributed by atoms with Gasteiger partial charge in [0.1, 0.15) is 6.17 Å². The van der Waals surface area contributed by atoms with E-state index >= 15 is 0 Å². The second-order valence-corrected chi connectivity index (χ2v) is 8.43. The first-order valence-corrected chi connectivity index (χ1v) is 8.98. The fourth-order valence-electron chi connectivity index (χ4n) is 5.68. The molecule has 0 aromatic rings. The molecule has 3 N–H and O–H groups in total. The molecule has 4 heteroatoms. The van der Waals surface area contributed by atoms with Crippen LogP contribution in [0.1, 0.15) is 51.9 Å². The molecule has 0 spiro atoms. The summed E-state index contributed by atoms with van der Waals surface area (Å²) in [6.45, 7) is 1.92. The average molecular weight is 322 g/mol. The highest BCUT2D eigenvalue weighted by atomic mass is 19.1. The molecule has 6 unspecified atom stereocenters. The van der Waals surface area contributed by atoms with E-state index in [0.717, 1.165) is 24.8 Å². The summed E-state index contributed by atoms with van der Waals surface area (Å²) in [5, 5.41) is 31.8. The number of fused-ring (bicyclic) bond motifs is 4. The van der Waals surface area contributed by atoms with Gasteiger partial charge in [-0.15, -0.1) is 0 Å². The van der Waals surface area contributed by atoms with Gasteiger partial charge in [-0.1, -0.05) is 24.6 Å². The number of rotatable bonds is 0. The van der Waals surface area contributed by atoms with Crippen molar-refractivity contribution in [3.63, 3.8) is 0 Å². The molecule has 2 saturated carbocycles. The Morgan fingerprint density at radius 2 is 2.00 bits per heavy atom. The standard InChI is InChI=1S/C19H27FO3/c1-18-6-5-13-8-12-9-14(21)3-2-11(12)4-7-19(13,23)16(18)10-15(20)17(18)22/h5,8,11,14-17,21-23H,2-4,6-7,9-10H2,1H3/t11?,14?,15?,16?,17?,18?,19-/m1/s1. The number of allylic oxidation sites excluding steroid dienone is 1. The SMILES string of the molecule is CC12CC=C3C=C4CC(O)CCC4CC[C@]3(O)C1CC(F)C2O. The molecule has 2 fully saturated rings. The molecule has 0 heterocycles. The summed E-state index contributed by atoms with van der Waals surface area (Å²) in [5.41, 5.74) is 0.521. The van der Waals surface area contributed by atoms with E-state index in [-0.39, 0.29) is 18.4 Å². The Morgan fingerprint density at radius 1 is 1.22 bits per heavy atom. The number of halogens is 1. The first kappa shape index (κ1) is 15.8. The second kappa shape index (κ2) is 5.14. The lowest BCUT2D eigenvalue weighted by Crippen LogP contribution is -2.50. The van der Waals surface area contributed by atoms with Gasteiger partial charge in [0.15, 0.2) is 0 Å². The number of hydrogen-bond donors (Lipinski definition) is 3. The fraction of sp³-hybridized carbons (Fsp3) is 0.789. The summed E-state index contributed by atoms with van der Waals surface area (Å²) in [7, 11) is 0. The molecule has 0 saturated heterocycles. The zero-order valence-electron chi connectivity index (χ0n) is 13.7. The number of hydrogen-bond acceptors (Lipinski definition) is 3. The van der Waals surface area contributed by atoms with Crippen LogP contribution in [0.25, 0.3) is 0 Å². The Morgan fingerprint density at radius 3 is 2.78 bits per heavy atom. The summed E-state index contributed by atoms with van der Waals surface area (Å²) in [6, 6.07) is 0. The summed E-state index contributed by atoms with van der Waals surface area (Å²) >= 11 is 0. The molecule has 0 radical (unpaired) electrons. The predicted molar refractivity (Wildman–Crippen MR) is 85.4 cm³/mol. The van der Waals surface area contributed by atoms with E-state index in [4.69, 9.17) is 0 Å². The van der Waals surface area contributed by atoms with Crippen LogP contribution in [0.2, 0.25) is 0 Å². The fourth-order valence-corrected chi connectivity index (χ4v) is 5.68. The predicted octanol–water partition coefficient (Wildman–Crippen LogP) is 2.65. The third kappa shape index (κ3) is 2.18. The number of aliphatic hydroxyl groups excluding tert-OH is 2. The van der Waals surface area contributed by atoms with Gasteiger partial charge in [-0.2, -0.15) is 0 Å². The number of alkyl halides is 1. The lowest BCUT2D eigenvalue weighted by molar-refractivity contribution is -0.0749. The number of aliphatic hydroxyl groups is 3. The van der Waals surface area contributed by atoms with Gasteiger partial charge in [0.25, 0.3) is 0 Å². The van der Waals surface area contributed by atoms with Crippen molar-refractivity contribution in [2.75, 3.05) is 0 Å². The van der Waals surface area contributed by atoms with Crippen molar-refractivity contribution in [1.82, 2.24) is 0 Å². The minimum atomic E-state index is -1.25. The molecule has 0 aromatic heterocycles. The molecule has 0 amide bonds. The Balaban J connectivity index is 1.74. The molecule has 4 aliphatic carbocycles. The summed E-state index contributed by atoms with van der Waals surface area (Å²) in [4.78, 5) is 0. The summed E-state index contributed by atoms with van der Waals surface area (Å²) in [5.74, 6) is 0.189. The van der Waals surface area contributed by atoms with E-state index in [1.807, 2.05) is 13.0 Å². The smallest absolute Gasteiger partial charge is 0.127 e. The molecule has 0 aliphatic heterocycles. The molecule has 4 aliphatic rings. The van der Waals surface area contributed by atoms with Crippen molar-refractivity contribution >= 4 is 0 Å². The lowest BCUT2D eigenvalue weighted by Gasteiger charge is -2.47. The molecule has 0 aromatic carbocycles. The summed E-state index contributed by atoms with van der Waals surface area (Å²) < 4.78 is 14.2. The maximum atomic E-state index is 14.2. The van der Waals surface area contributed by atoms with E-state index in [1.54, 1.807) is 0 Å². The minimum absolute atomic E-state index is 0.234. The largest absolute Gasteiger partial charge is 0.393 e. The van der Waals surface area contributed by atoms with Crippen LogP contribution in [0.15, 0.2) is 23.3 Å². The molecule has 23 heavy (non-hydrogen) atoms. The van der Waals surface area contributed by atoms with Crippen molar-refractivity contribution in [1.29, 1.82) is 0 Å². The van der Waals surface area contributed by atoms with Crippen LogP contribution in [0, 0.1) is 17.3 Å². The zero-order chi connectivity index (χ0) is 16.4. The maximum absolute atomic E-state index is 14.2. The highest BCUT2D eigenvalue weighted by Crippen LogP contribution is 2.59. The van der Waals surface area contributed by atoms with E-state index in [2.05, 4.69) is 6.08 Å². The van der Waals surface area contributed by atoms with Gasteiger partial charge in [0, 0.05) is 11.3 Å². The second-order valence-electron chi connectivity index (χ2n) is 8.43. The molecule has 0 bridgehead atoms. The topological polar surface area (TPSA) is 60.7 Å². The monoisotopic (exact) mass is 322 g/mol. The van der Waals surface area contributed by atoms with Crippen LogP contribution >= 0.6 is 0 Å². The zero-order valence-corrected chi connectivity index (χ0v) is 13.7. The maximum Gasteiger partial charge on any atom is 0.127 e. The molecular weight excluding hydrogens is 295 g/mol. The van der Waals surface area contributed by atoms with E-state index in [9.17, 15) is 19.7 Å². The van der Waals surface area contributed by atoms with Gasteiger partial charge < -0.3 is 15.3 Å². The molecule has 128 valence electrons. The lowest BCUT2D eigenvalue weighted by atomic mass is 9.60. The summed E-state index contributed by atoms with van der Waals surface area (Å²) in [6.07, 6.45) is 6.40. The first-order valence-electron chi connectivity index (χ1n) is 8.98. The third-order valence-electron chi connectivity index (χ3n) is 7.17. The van der Waals surface area contributed by atoms with E-state index < -0.39 is 23.3 Å². The van der Waals surface area contributed by atoms with Crippen LogP contribution < -0.4 is 0 Å². The first-order chi connectivity index (χ1) is 10.8. The normalized spacial score (nSPS) is 52.7. The minimum Gasteiger partial charge on any atom is -0.393 e. The van der Waals surface area contributed by atoms with Gasteiger partial charge in [-0.05, 0) is 56.4 Å². The quantitative estimate of drug-likeness (QED) is 0.642. The van der Waals surface area contributed by atoms with Crippen molar-refractivity contribution < 1.29 is 19.7 Å². The van der Waals surface area contributed by atoms with Crippen LogP contribution in [-0.4, -0.2) is 39.3 Å². The van der Waals surface area contributed by atoms with Crippen molar-refractivity contribution in [2.45, 2.75) is 75.9 Å².